The fraction of sp³-hybridized carbons (Fsp3) is 0.400. The molecule has 0 atom stereocenters. The van der Waals surface area contributed by atoms with Crippen LogP contribution in [-0.2, 0) is 16.0 Å². The third kappa shape index (κ3) is 3.98. The number of rotatable bonds is 5. The minimum absolute atomic E-state index is 0.147. The molecular formula is C10H12FNO2. The van der Waals surface area contributed by atoms with Gasteiger partial charge in [-0.3, -0.25) is 9.78 Å². The zero-order valence-electron chi connectivity index (χ0n) is 7.78. The number of nitrogens with zero attached hydrogens (tertiary/aromatic N) is 1. The average molecular weight is 197 g/mol. The van der Waals surface area contributed by atoms with E-state index in [0.29, 0.717) is 6.42 Å². The quantitative estimate of drug-likeness (QED) is 0.672. The Bertz CT molecular complexity index is 277. The van der Waals surface area contributed by atoms with Crippen LogP contribution in [0.2, 0.25) is 0 Å². The van der Waals surface area contributed by atoms with Crippen molar-refractivity contribution < 1.29 is 13.9 Å². The summed E-state index contributed by atoms with van der Waals surface area (Å²) in [5.74, 6) is -0.369. The summed E-state index contributed by atoms with van der Waals surface area (Å²) in [6.07, 6.45) is 4.22. The summed E-state index contributed by atoms with van der Waals surface area (Å²) in [7, 11) is 0. The van der Waals surface area contributed by atoms with E-state index >= 15 is 0 Å². The summed E-state index contributed by atoms with van der Waals surface area (Å²) in [6.45, 7) is -0.773. The largest absolute Gasteiger partial charge is 0.463 e. The molecule has 4 heteroatoms. The molecule has 0 unspecified atom stereocenters. The summed E-state index contributed by atoms with van der Waals surface area (Å²) in [6, 6.07) is 3.69. The molecule has 76 valence electrons. The van der Waals surface area contributed by atoms with Crippen LogP contribution in [0.1, 0.15) is 12.0 Å². The van der Waals surface area contributed by atoms with Gasteiger partial charge in [-0.25, -0.2) is 4.39 Å². The van der Waals surface area contributed by atoms with E-state index in [1.54, 1.807) is 12.4 Å². The maximum absolute atomic E-state index is 11.6. The number of pyridine rings is 1. The van der Waals surface area contributed by atoms with Crippen LogP contribution in [0.15, 0.2) is 24.5 Å². The number of aromatic nitrogens is 1. The molecule has 14 heavy (non-hydrogen) atoms. The average Bonchev–Trinajstić information content (AvgIpc) is 2.25. The van der Waals surface area contributed by atoms with Crippen LogP contribution >= 0.6 is 0 Å². The molecule has 0 fully saturated rings. The Labute approximate surface area is 81.9 Å². The number of alkyl halides is 1. The van der Waals surface area contributed by atoms with E-state index in [9.17, 15) is 9.18 Å². The Morgan fingerprint density at radius 1 is 1.57 bits per heavy atom. The van der Waals surface area contributed by atoms with Gasteiger partial charge in [0.1, 0.15) is 13.3 Å². The van der Waals surface area contributed by atoms with Crippen molar-refractivity contribution in [1.82, 2.24) is 4.98 Å². The van der Waals surface area contributed by atoms with E-state index < -0.39 is 6.67 Å². The van der Waals surface area contributed by atoms with Gasteiger partial charge < -0.3 is 4.74 Å². The minimum Gasteiger partial charge on any atom is -0.463 e. The Morgan fingerprint density at radius 2 is 2.43 bits per heavy atom. The van der Waals surface area contributed by atoms with Crippen molar-refractivity contribution >= 4 is 5.97 Å². The first-order valence-corrected chi connectivity index (χ1v) is 4.43. The van der Waals surface area contributed by atoms with Gasteiger partial charge in [0.15, 0.2) is 0 Å². The van der Waals surface area contributed by atoms with Crippen LogP contribution in [0, 0.1) is 0 Å². The third-order valence-corrected chi connectivity index (χ3v) is 1.68. The molecule has 3 nitrogen and oxygen atoms in total. The van der Waals surface area contributed by atoms with E-state index in [-0.39, 0.29) is 19.0 Å². The van der Waals surface area contributed by atoms with E-state index in [4.69, 9.17) is 0 Å². The molecule has 0 saturated carbocycles. The molecule has 1 heterocycles. The summed E-state index contributed by atoms with van der Waals surface area (Å²) >= 11 is 0. The second kappa shape index (κ2) is 6.07. The van der Waals surface area contributed by atoms with Gasteiger partial charge >= 0.3 is 5.97 Å². The lowest BCUT2D eigenvalue weighted by molar-refractivity contribution is -0.143. The maximum Gasteiger partial charge on any atom is 0.306 e. The van der Waals surface area contributed by atoms with E-state index in [1.165, 1.54) is 0 Å². The van der Waals surface area contributed by atoms with Crippen LogP contribution in [0.5, 0.6) is 0 Å². The molecule has 0 amide bonds. The molecular weight excluding hydrogens is 185 g/mol. The molecule has 1 rings (SSSR count). The van der Waals surface area contributed by atoms with E-state index in [2.05, 4.69) is 9.72 Å². The number of carbonyl (C=O) groups is 1. The molecule has 1 aromatic rings. The van der Waals surface area contributed by atoms with Gasteiger partial charge in [0.25, 0.3) is 0 Å². The number of halogens is 1. The van der Waals surface area contributed by atoms with Gasteiger partial charge in [-0.05, 0) is 18.1 Å². The summed E-state index contributed by atoms with van der Waals surface area (Å²) < 4.78 is 16.2. The Balaban J connectivity index is 2.24. The topological polar surface area (TPSA) is 39.2 Å². The van der Waals surface area contributed by atoms with Crippen LogP contribution in [0.3, 0.4) is 0 Å². The lowest BCUT2D eigenvalue weighted by atomic mass is 10.2. The molecule has 0 aromatic carbocycles. The van der Waals surface area contributed by atoms with Gasteiger partial charge in [0, 0.05) is 18.8 Å². The van der Waals surface area contributed by atoms with Crippen molar-refractivity contribution in [3.05, 3.63) is 30.1 Å². The van der Waals surface area contributed by atoms with Crippen LogP contribution in [0.4, 0.5) is 4.39 Å². The first-order chi connectivity index (χ1) is 6.83. The number of hydrogen-bond acceptors (Lipinski definition) is 3. The zero-order valence-corrected chi connectivity index (χ0v) is 7.78. The predicted octanol–water partition coefficient (Wildman–Crippen LogP) is 1.53. The first kappa shape index (κ1) is 10.6. The SMILES string of the molecule is O=C(CCc1cccnc1)OCCF. The zero-order chi connectivity index (χ0) is 10.2. The van der Waals surface area contributed by atoms with Crippen LogP contribution in [0.25, 0.3) is 0 Å². The normalized spacial score (nSPS) is 9.79. The monoisotopic (exact) mass is 197 g/mol. The lowest BCUT2D eigenvalue weighted by Crippen LogP contribution is -2.07. The first-order valence-electron chi connectivity index (χ1n) is 4.43. The fourth-order valence-electron chi connectivity index (χ4n) is 1.02. The molecule has 0 saturated heterocycles. The van der Waals surface area contributed by atoms with Crippen LogP contribution < -0.4 is 0 Å². The van der Waals surface area contributed by atoms with Gasteiger partial charge in [-0.2, -0.15) is 0 Å². The van der Waals surface area contributed by atoms with Gasteiger partial charge in [-0.15, -0.1) is 0 Å². The molecule has 0 aliphatic carbocycles. The standard InChI is InChI=1S/C10H12FNO2/c11-5-7-14-10(13)4-3-9-2-1-6-12-8-9/h1-2,6,8H,3-5,7H2. The second-order valence-corrected chi connectivity index (χ2v) is 2.77. The van der Waals surface area contributed by atoms with Crippen LogP contribution in [-0.4, -0.2) is 24.2 Å². The fourth-order valence-corrected chi connectivity index (χ4v) is 1.02. The van der Waals surface area contributed by atoms with Crippen molar-refractivity contribution in [2.75, 3.05) is 13.3 Å². The number of carbonyl (C=O) groups excluding carboxylic acids is 1. The Morgan fingerprint density at radius 3 is 3.07 bits per heavy atom. The Kier molecular flexibility index (Phi) is 4.61. The highest BCUT2D eigenvalue weighted by atomic mass is 19.1. The molecule has 0 aliphatic rings. The number of hydrogen-bond donors (Lipinski definition) is 0. The molecule has 0 spiro atoms. The molecule has 0 aliphatic heterocycles. The van der Waals surface area contributed by atoms with Crippen molar-refractivity contribution in [2.24, 2.45) is 0 Å². The second-order valence-electron chi connectivity index (χ2n) is 2.77. The van der Waals surface area contributed by atoms with E-state index in [1.807, 2.05) is 12.1 Å². The molecule has 0 radical (unpaired) electrons. The highest BCUT2D eigenvalue weighted by Gasteiger charge is 2.02. The predicted molar refractivity (Wildman–Crippen MR) is 49.5 cm³/mol. The summed E-state index contributed by atoms with van der Waals surface area (Å²) in [4.78, 5) is 14.9. The van der Waals surface area contributed by atoms with Gasteiger partial charge in [0.2, 0.25) is 0 Å². The molecule has 1 aromatic heterocycles. The maximum atomic E-state index is 11.6. The van der Waals surface area contributed by atoms with Gasteiger partial charge in [-0.1, -0.05) is 6.07 Å². The van der Waals surface area contributed by atoms with Crippen molar-refractivity contribution in [3.63, 3.8) is 0 Å². The minimum atomic E-state index is -0.626. The molecule has 0 N–H and O–H groups in total. The van der Waals surface area contributed by atoms with Gasteiger partial charge in [0.05, 0.1) is 0 Å². The number of aryl methyl sites for hydroxylation is 1. The Hall–Kier alpha value is -1.45. The highest BCUT2D eigenvalue weighted by molar-refractivity contribution is 5.69. The van der Waals surface area contributed by atoms with Crippen molar-refractivity contribution in [2.45, 2.75) is 12.8 Å². The highest BCUT2D eigenvalue weighted by Crippen LogP contribution is 2.01. The molecule has 0 bridgehead atoms. The third-order valence-electron chi connectivity index (χ3n) is 1.68. The number of ether oxygens (including phenoxy) is 1. The number of esters is 1. The van der Waals surface area contributed by atoms with E-state index in [0.717, 1.165) is 5.56 Å². The summed E-state index contributed by atoms with van der Waals surface area (Å²) in [5.41, 5.74) is 0.977. The smallest absolute Gasteiger partial charge is 0.306 e. The van der Waals surface area contributed by atoms with Crippen molar-refractivity contribution in [1.29, 1.82) is 0 Å². The lowest BCUT2D eigenvalue weighted by Gasteiger charge is -2.01. The van der Waals surface area contributed by atoms with Crippen molar-refractivity contribution in [3.8, 4) is 0 Å². The summed E-state index contributed by atoms with van der Waals surface area (Å²) in [5, 5.41) is 0.